The summed E-state index contributed by atoms with van der Waals surface area (Å²) in [7, 11) is 1.46. The number of benzene rings is 1. The highest BCUT2D eigenvalue weighted by atomic mass is 79.9. The second kappa shape index (κ2) is 6.12. The standard InChI is InChI=1S/C17H16BrNO6/c1-22-13-9-14(20)23-15(13)17(10-5-2-3-6-11(10)18)19-8-4-7-12(19)16(21)24-25-17/h2-3,5-6,9,12,15H,4,7-8H2,1H3/t12-,15?,17?/m0/s1. The van der Waals surface area contributed by atoms with Crippen LogP contribution >= 0.6 is 15.9 Å². The van der Waals surface area contributed by atoms with Gasteiger partial charge in [0.25, 0.3) is 0 Å². The van der Waals surface area contributed by atoms with E-state index in [2.05, 4.69) is 15.9 Å². The van der Waals surface area contributed by atoms with E-state index in [1.807, 2.05) is 29.2 Å². The Bertz CT molecular complexity index is 765. The molecule has 0 aliphatic carbocycles. The molecule has 1 aromatic rings. The Kier molecular flexibility index (Phi) is 4.05. The lowest BCUT2D eigenvalue weighted by Gasteiger charge is -2.47. The van der Waals surface area contributed by atoms with Crippen LogP contribution in [0.15, 0.2) is 40.6 Å². The minimum atomic E-state index is -1.32. The van der Waals surface area contributed by atoms with Crippen LogP contribution in [0.25, 0.3) is 0 Å². The van der Waals surface area contributed by atoms with Crippen molar-refractivity contribution in [2.24, 2.45) is 0 Å². The summed E-state index contributed by atoms with van der Waals surface area (Å²) in [5, 5.41) is 0. The van der Waals surface area contributed by atoms with Crippen LogP contribution < -0.4 is 0 Å². The first-order chi connectivity index (χ1) is 12.1. The molecule has 0 radical (unpaired) electrons. The fourth-order valence-electron chi connectivity index (χ4n) is 3.74. The third kappa shape index (κ3) is 2.39. The smallest absolute Gasteiger partial charge is 0.359 e. The number of methoxy groups -OCH3 is 1. The summed E-state index contributed by atoms with van der Waals surface area (Å²) >= 11 is 3.54. The topological polar surface area (TPSA) is 74.3 Å². The molecule has 3 aliphatic rings. The van der Waals surface area contributed by atoms with Crippen molar-refractivity contribution >= 4 is 27.9 Å². The van der Waals surface area contributed by atoms with Gasteiger partial charge >= 0.3 is 11.9 Å². The first-order valence-electron chi connectivity index (χ1n) is 7.95. The molecule has 132 valence electrons. The van der Waals surface area contributed by atoms with Gasteiger partial charge in [-0.2, -0.15) is 4.89 Å². The second-order valence-electron chi connectivity index (χ2n) is 6.08. The number of esters is 1. The summed E-state index contributed by atoms with van der Waals surface area (Å²) in [5.41, 5.74) is -0.625. The maximum Gasteiger partial charge on any atom is 0.359 e. The number of rotatable bonds is 3. The predicted molar refractivity (Wildman–Crippen MR) is 87.7 cm³/mol. The molecule has 0 bridgehead atoms. The summed E-state index contributed by atoms with van der Waals surface area (Å²) in [6, 6.07) is 6.95. The van der Waals surface area contributed by atoms with Crippen molar-refractivity contribution in [1.29, 1.82) is 0 Å². The fourth-order valence-corrected chi connectivity index (χ4v) is 4.31. The van der Waals surface area contributed by atoms with Crippen molar-refractivity contribution in [1.82, 2.24) is 4.90 Å². The monoisotopic (exact) mass is 409 g/mol. The average Bonchev–Trinajstić information content (AvgIpc) is 3.24. The minimum Gasteiger partial charge on any atom is -0.497 e. The van der Waals surface area contributed by atoms with Crippen molar-refractivity contribution < 1.29 is 28.8 Å². The fraction of sp³-hybridized carbons (Fsp3) is 0.412. The van der Waals surface area contributed by atoms with Gasteiger partial charge < -0.3 is 9.47 Å². The second-order valence-corrected chi connectivity index (χ2v) is 6.94. The summed E-state index contributed by atoms with van der Waals surface area (Å²) in [4.78, 5) is 36.7. The van der Waals surface area contributed by atoms with Crippen molar-refractivity contribution in [2.45, 2.75) is 30.7 Å². The molecule has 0 amide bonds. The molecule has 0 spiro atoms. The molecule has 0 aromatic heterocycles. The van der Waals surface area contributed by atoms with Crippen molar-refractivity contribution in [3.05, 3.63) is 46.1 Å². The molecule has 1 aromatic carbocycles. The molecule has 2 unspecified atom stereocenters. The van der Waals surface area contributed by atoms with Gasteiger partial charge in [-0.05, 0) is 18.9 Å². The lowest BCUT2D eigenvalue weighted by atomic mass is 9.92. The van der Waals surface area contributed by atoms with Crippen LogP contribution in [-0.2, 0) is 34.6 Å². The van der Waals surface area contributed by atoms with Gasteiger partial charge in [-0.15, -0.1) is 0 Å². The number of fused-ring (bicyclic) bond motifs is 1. The first kappa shape index (κ1) is 16.6. The Labute approximate surface area is 152 Å². The summed E-state index contributed by atoms with van der Waals surface area (Å²) < 4.78 is 11.6. The third-order valence-corrected chi connectivity index (χ3v) is 5.50. The zero-order valence-electron chi connectivity index (χ0n) is 13.4. The van der Waals surface area contributed by atoms with Crippen molar-refractivity contribution in [3.63, 3.8) is 0 Å². The van der Waals surface area contributed by atoms with Gasteiger partial charge in [-0.1, -0.05) is 34.1 Å². The quantitative estimate of drug-likeness (QED) is 0.558. The normalized spacial score (nSPS) is 32.0. The van der Waals surface area contributed by atoms with E-state index in [9.17, 15) is 9.59 Å². The first-order valence-corrected chi connectivity index (χ1v) is 8.74. The lowest BCUT2D eigenvalue weighted by molar-refractivity contribution is -0.418. The molecule has 0 N–H and O–H groups in total. The Balaban J connectivity index is 1.91. The maximum atomic E-state index is 12.2. The molecule has 8 heteroatoms. The number of carbonyl (C=O) groups is 2. The van der Waals surface area contributed by atoms with Crippen molar-refractivity contribution in [3.8, 4) is 0 Å². The number of cyclic esters (lactones) is 1. The Morgan fingerprint density at radius 2 is 2.12 bits per heavy atom. The van der Waals surface area contributed by atoms with E-state index >= 15 is 0 Å². The van der Waals surface area contributed by atoms with Crippen LogP contribution in [-0.4, -0.2) is 42.6 Å². The summed E-state index contributed by atoms with van der Waals surface area (Å²) in [6.45, 7) is 0.603. The van der Waals surface area contributed by atoms with Gasteiger partial charge in [-0.25, -0.2) is 9.59 Å². The highest BCUT2D eigenvalue weighted by molar-refractivity contribution is 9.10. The van der Waals surface area contributed by atoms with E-state index in [-0.39, 0.29) is 0 Å². The van der Waals surface area contributed by atoms with Gasteiger partial charge in [-0.3, -0.25) is 9.79 Å². The van der Waals surface area contributed by atoms with Crippen LogP contribution in [0.3, 0.4) is 0 Å². The Morgan fingerprint density at radius 3 is 2.88 bits per heavy atom. The highest BCUT2D eigenvalue weighted by Gasteiger charge is 2.62. The van der Waals surface area contributed by atoms with Crippen LogP contribution in [0.1, 0.15) is 18.4 Å². The van der Waals surface area contributed by atoms with E-state index in [4.69, 9.17) is 19.2 Å². The van der Waals surface area contributed by atoms with E-state index in [0.717, 1.165) is 10.9 Å². The van der Waals surface area contributed by atoms with E-state index in [0.29, 0.717) is 24.3 Å². The number of nitrogens with zero attached hydrogens (tertiary/aromatic N) is 1. The Morgan fingerprint density at radius 1 is 1.32 bits per heavy atom. The van der Waals surface area contributed by atoms with Gasteiger partial charge in [0.2, 0.25) is 11.8 Å². The molecule has 3 heterocycles. The third-order valence-electron chi connectivity index (χ3n) is 4.81. The molecule has 2 fully saturated rings. The zero-order chi connectivity index (χ0) is 17.6. The molecule has 0 saturated carbocycles. The summed E-state index contributed by atoms with van der Waals surface area (Å²) in [5.74, 6) is -0.638. The largest absolute Gasteiger partial charge is 0.497 e. The van der Waals surface area contributed by atoms with Crippen LogP contribution in [0.2, 0.25) is 0 Å². The predicted octanol–water partition coefficient (Wildman–Crippen LogP) is 2.01. The van der Waals surface area contributed by atoms with Gasteiger partial charge in [0, 0.05) is 16.6 Å². The molecule has 25 heavy (non-hydrogen) atoms. The molecule has 2 saturated heterocycles. The number of ether oxygens (including phenoxy) is 2. The summed E-state index contributed by atoms with van der Waals surface area (Å²) in [6.07, 6.45) is 1.86. The highest BCUT2D eigenvalue weighted by Crippen LogP contribution is 2.48. The van der Waals surface area contributed by atoms with E-state index in [1.54, 1.807) is 0 Å². The molecule has 7 nitrogen and oxygen atoms in total. The number of hydrogen-bond acceptors (Lipinski definition) is 7. The SMILES string of the molecule is COC1=CC(=O)OC1C1(c2ccccc2Br)OOC(=O)[C@@H]2CCCN21. The van der Waals surface area contributed by atoms with Crippen LogP contribution in [0, 0.1) is 0 Å². The zero-order valence-corrected chi connectivity index (χ0v) is 15.0. The maximum absolute atomic E-state index is 12.2. The number of carbonyl (C=O) groups excluding carboxylic acids is 2. The van der Waals surface area contributed by atoms with Crippen LogP contribution in [0.5, 0.6) is 0 Å². The average molecular weight is 410 g/mol. The molecular formula is C17H16BrNO6. The molecule has 3 atom stereocenters. The van der Waals surface area contributed by atoms with Crippen LogP contribution in [0.4, 0.5) is 0 Å². The van der Waals surface area contributed by atoms with E-state index in [1.165, 1.54) is 13.2 Å². The Hall–Kier alpha value is -1.90. The van der Waals surface area contributed by atoms with Gasteiger partial charge in [0.05, 0.1) is 13.2 Å². The molecule has 4 rings (SSSR count). The number of hydrogen-bond donors (Lipinski definition) is 0. The van der Waals surface area contributed by atoms with E-state index < -0.39 is 29.8 Å². The van der Waals surface area contributed by atoms with Gasteiger partial charge in [0.1, 0.15) is 11.8 Å². The molecule has 3 aliphatic heterocycles. The minimum absolute atomic E-state index is 0.323. The van der Waals surface area contributed by atoms with Crippen molar-refractivity contribution in [2.75, 3.05) is 13.7 Å². The lowest BCUT2D eigenvalue weighted by Crippen LogP contribution is -2.63. The number of halogens is 1. The van der Waals surface area contributed by atoms with Gasteiger partial charge in [0.15, 0.2) is 0 Å². The molecular weight excluding hydrogens is 394 g/mol.